The molecule has 0 bridgehead atoms. The lowest BCUT2D eigenvalue weighted by Crippen LogP contribution is -2.55. The summed E-state index contributed by atoms with van der Waals surface area (Å²) in [5, 5.41) is 25.5. The Kier molecular flexibility index (Phi) is 13.8. The van der Waals surface area contributed by atoms with Gasteiger partial charge in [0.15, 0.2) is 25.9 Å². The first-order valence-electron chi connectivity index (χ1n) is 16.2. The smallest absolute Gasteiger partial charge is 0.287 e. The molecule has 2 fully saturated rings. The summed E-state index contributed by atoms with van der Waals surface area (Å²) in [6.07, 6.45) is 4.19. The van der Waals surface area contributed by atoms with Gasteiger partial charge in [0.1, 0.15) is 5.01 Å². The second kappa shape index (κ2) is 18.0. The maximum absolute atomic E-state index is 12.5. The SMILES string of the molecule is C=Cc1nnc(N2CC[C@@H](NC(=O)c3nc(Cl)c(CC)[nH]3)[C@@H](OC)C2)s1.CCc1[nH]c(C(=O)N[C@@H]2CCN(c3nnc(Br)s3)C[C@@H]2OC)nc1Cl. The van der Waals surface area contributed by atoms with Crippen molar-refractivity contribution in [3.63, 3.8) is 0 Å². The molecule has 276 valence electrons. The zero-order chi connectivity index (χ0) is 36.7. The Balaban J connectivity index is 0.000000198. The molecule has 2 aliphatic heterocycles. The molecule has 51 heavy (non-hydrogen) atoms. The van der Waals surface area contributed by atoms with Crippen molar-refractivity contribution in [2.45, 2.75) is 63.8 Å². The highest BCUT2D eigenvalue weighted by molar-refractivity contribution is 9.11. The van der Waals surface area contributed by atoms with Crippen LogP contribution in [0.1, 0.15) is 64.3 Å². The number of carbonyl (C=O) groups excluding carboxylic acids is 2. The minimum atomic E-state index is -0.281. The topological polar surface area (TPSA) is 192 Å². The first-order chi connectivity index (χ1) is 24.6. The highest BCUT2D eigenvalue weighted by atomic mass is 79.9. The lowest BCUT2D eigenvalue weighted by molar-refractivity contribution is 0.0537. The molecular weight excluding hydrogens is 807 g/mol. The van der Waals surface area contributed by atoms with Crippen LogP contribution in [-0.2, 0) is 22.3 Å². The van der Waals surface area contributed by atoms with E-state index in [0.717, 1.165) is 56.5 Å². The molecule has 16 nitrogen and oxygen atoms in total. The van der Waals surface area contributed by atoms with Crippen molar-refractivity contribution in [1.82, 2.24) is 51.0 Å². The lowest BCUT2D eigenvalue weighted by Gasteiger charge is -2.37. The summed E-state index contributed by atoms with van der Waals surface area (Å²) in [5.41, 5.74) is 1.51. The van der Waals surface area contributed by atoms with E-state index in [4.69, 9.17) is 32.7 Å². The average Bonchev–Trinajstić information content (AvgIpc) is 3.95. The molecule has 0 unspecified atom stereocenters. The van der Waals surface area contributed by atoms with Crippen LogP contribution in [0.2, 0.25) is 10.3 Å². The van der Waals surface area contributed by atoms with E-state index >= 15 is 0 Å². The number of H-pyrrole nitrogens is 2. The molecule has 0 aliphatic carbocycles. The minimum Gasteiger partial charge on any atom is -0.377 e. The molecule has 2 aliphatic rings. The molecule has 4 N–H and O–H groups in total. The van der Waals surface area contributed by atoms with Crippen LogP contribution in [0.5, 0.6) is 0 Å². The van der Waals surface area contributed by atoms with Crippen molar-refractivity contribution in [3.8, 4) is 0 Å². The predicted octanol–water partition coefficient (Wildman–Crippen LogP) is 4.41. The number of amides is 2. The minimum absolute atomic E-state index is 0.112. The zero-order valence-electron chi connectivity index (χ0n) is 28.4. The number of anilines is 2. The van der Waals surface area contributed by atoms with Gasteiger partial charge in [-0.25, -0.2) is 9.97 Å². The zero-order valence-corrected chi connectivity index (χ0v) is 33.1. The molecule has 21 heteroatoms. The Morgan fingerprint density at radius 2 is 1.33 bits per heavy atom. The van der Waals surface area contributed by atoms with E-state index in [0.29, 0.717) is 36.2 Å². The van der Waals surface area contributed by atoms with Gasteiger partial charge in [0.25, 0.3) is 11.8 Å². The Labute approximate surface area is 321 Å². The fourth-order valence-corrected chi connectivity index (χ4v) is 8.07. The van der Waals surface area contributed by atoms with Crippen molar-refractivity contribution in [2.24, 2.45) is 0 Å². The number of carbonyl (C=O) groups is 2. The lowest BCUT2D eigenvalue weighted by atomic mass is 10.0. The van der Waals surface area contributed by atoms with E-state index in [2.05, 4.69) is 83.3 Å². The van der Waals surface area contributed by atoms with Crippen LogP contribution in [0.4, 0.5) is 10.3 Å². The maximum atomic E-state index is 12.5. The molecule has 2 amide bonds. The largest absolute Gasteiger partial charge is 0.377 e. The average molecular weight is 847 g/mol. The van der Waals surface area contributed by atoms with E-state index in [1.165, 1.54) is 22.7 Å². The number of ether oxygens (including phenoxy) is 2. The molecule has 6 heterocycles. The van der Waals surface area contributed by atoms with E-state index < -0.39 is 0 Å². The van der Waals surface area contributed by atoms with Crippen LogP contribution in [0.3, 0.4) is 0 Å². The Morgan fingerprint density at radius 3 is 1.71 bits per heavy atom. The number of nitrogens with one attached hydrogen (secondary N) is 4. The van der Waals surface area contributed by atoms with Crippen LogP contribution in [0, 0.1) is 0 Å². The van der Waals surface area contributed by atoms with Gasteiger partial charge in [-0.1, -0.05) is 66.3 Å². The van der Waals surface area contributed by atoms with Crippen LogP contribution in [0.25, 0.3) is 6.08 Å². The summed E-state index contributed by atoms with van der Waals surface area (Å²) in [6.45, 7) is 10.3. The van der Waals surface area contributed by atoms with Gasteiger partial charge < -0.3 is 39.9 Å². The second-order valence-corrected chi connectivity index (χ2v) is 15.5. The monoisotopic (exact) mass is 844 g/mol. The highest BCUT2D eigenvalue weighted by Gasteiger charge is 2.34. The predicted molar refractivity (Wildman–Crippen MR) is 201 cm³/mol. The Morgan fingerprint density at radius 1 is 0.863 bits per heavy atom. The van der Waals surface area contributed by atoms with E-state index in [1.807, 2.05) is 13.8 Å². The Hall–Kier alpha value is -3.20. The van der Waals surface area contributed by atoms with Gasteiger partial charge in [0, 0.05) is 40.4 Å². The van der Waals surface area contributed by atoms with Crippen LogP contribution in [0.15, 0.2) is 10.5 Å². The summed E-state index contributed by atoms with van der Waals surface area (Å²) < 4.78 is 11.9. The van der Waals surface area contributed by atoms with E-state index in [-0.39, 0.29) is 47.8 Å². The number of methoxy groups -OCH3 is 2. The van der Waals surface area contributed by atoms with Crippen molar-refractivity contribution in [2.75, 3.05) is 50.2 Å². The molecule has 4 aromatic heterocycles. The number of halogens is 3. The third kappa shape index (κ3) is 9.62. The van der Waals surface area contributed by atoms with Crippen molar-refractivity contribution in [3.05, 3.63) is 48.8 Å². The quantitative estimate of drug-likeness (QED) is 0.167. The molecule has 0 saturated carbocycles. The number of rotatable bonds is 11. The summed E-state index contributed by atoms with van der Waals surface area (Å²) in [5.74, 6) is -0.103. The van der Waals surface area contributed by atoms with E-state index in [9.17, 15) is 9.59 Å². The van der Waals surface area contributed by atoms with Gasteiger partial charge in [-0.3, -0.25) is 9.59 Å². The summed E-state index contributed by atoms with van der Waals surface area (Å²) in [4.78, 5) is 43.3. The first kappa shape index (κ1) is 39.0. The number of hydrogen-bond acceptors (Lipinski definition) is 14. The number of aryl methyl sites for hydroxylation is 2. The summed E-state index contributed by atoms with van der Waals surface area (Å²) in [6, 6.07) is -0.233. The van der Waals surface area contributed by atoms with Crippen LogP contribution >= 0.6 is 61.8 Å². The number of piperidine rings is 2. The summed E-state index contributed by atoms with van der Waals surface area (Å²) >= 11 is 18.3. The fraction of sp³-hybridized carbons (Fsp3) is 0.533. The molecule has 0 aromatic carbocycles. The molecule has 2 saturated heterocycles. The first-order valence-corrected chi connectivity index (χ1v) is 19.4. The summed E-state index contributed by atoms with van der Waals surface area (Å²) in [7, 11) is 3.28. The molecule has 6 rings (SSSR count). The molecule has 0 spiro atoms. The van der Waals surface area contributed by atoms with Crippen molar-refractivity contribution < 1.29 is 19.1 Å². The molecule has 4 aromatic rings. The third-order valence-electron chi connectivity index (χ3n) is 8.49. The normalized spacial score (nSPS) is 20.5. The van der Waals surface area contributed by atoms with Gasteiger partial charge >= 0.3 is 0 Å². The van der Waals surface area contributed by atoms with Gasteiger partial charge in [0.05, 0.1) is 35.7 Å². The van der Waals surface area contributed by atoms with Crippen molar-refractivity contribution >= 4 is 90.0 Å². The van der Waals surface area contributed by atoms with Gasteiger partial charge in [0.2, 0.25) is 10.3 Å². The van der Waals surface area contributed by atoms with Gasteiger partial charge in [-0.05, 0) is 47.7 Å². The number of aromatic nitrogens is 8. The highest BCUT2D eigenvalue weighted by Crippen LogP contribution is 2.28. The third-order valence-corrected chi connectivity index (χ3v) is 11.5. The molecule has 0 radical (unpaired) electrons. The number of nitrogens with zero attached hydrogens (tertiary/aromatic N) is 8. The van der Waals surface area contributed by atoms with Gasteiger partial charge in [-0.15, -0.1) is 20.4 Å². The van der Waals surface area contributed by atoms with Gasteiger partial charge in [-0.2, -0.15) is 0 Å². The maximum Gasteiger partial charge on any atom is 0.287 e. The number of imidazole rings is 2. The number of hydrogen-bond donors (Lipinski definition) is 4. The second-order valence-electron chi connectivity index (χ2n) is 11.6. The standard InChI is InChI=1S/C16H21ClN6O2S.C14H18BrClN6O2S/c1-4-9-13(17)20-14(18-9)15(24)19-10-6-7-23(8-11(10)25-3)16-22-21-12(5-2)26-16;1-3-7-10(16)19-11(17-7)12(23)18-8-4-5-22(6-9(8)24-2)14-21-20-13(15)25-14/h5,10-11H,2,4,6-8H2,1,3H3,(H,18,20)(H,19,24);8-9H,3-6H2,1-2H3,(H,17,19)(H,18,23)/t10-,11+;8-,9+/m11/s1. The van der Waals surface area contributed by atoms with Crippen LogP contribution < -0.4 is 20.4 Å². The fourth-order valence-electron chi connectivity index (χ4n) is 5.68. The molecule has 4 atom stereocenters. The van der Waals surface area contributed by atoms with E-state index in [1.54, 1.807) is 20.3 Å². The Bertz CT molecular complexity index is 1800. The molecular formula is C30H39BrCl2N12O4S2. The van der Waals surface area contributed by atoms with Crippen molar-refractivity contribution in [1.29, 1.82) is 0 Å². The number of aromatic amines is 2. The van der Waals surface area contributed by atoms with Crippen LogP contribution in [-0.4, -0.2) is 117 Å².